The number of allylic oxidation sites excluding steroid dienone is 2. The Hall–Kier alpha value is -2.56. The molecule has 1 aromatic rings. The van der Waals surface area contributed by atoms with Gasteiger partial charge in [-0.15, -0.1) is 0 Å². The van der Waals surface area contributed by atoms with Crippen LogP contribution in [-0.4, -0.2) is 24.6 Å². The minimum atomic E-state index is 0.550. The van der Waals surface area contributed by atoms with Crippen molar-refractivity contribution < 1.29 is 4.74 Å². The van der Waals surface area contributed by atoms with E-state index in [1.807, 2.05) is 52.0 Å². The molecular formula is C18H24N4O. The van der Waals surface area contributed by atoms with Gasteiger partial charge in [-0.1, -0.05) is 0 Å². The zero-order chi connectivity index (χ0) is 17.0. The number of aliphatic imine (C=N–C) groups is 2. The Labute approximate surface area is 137 Å². The summed E-state index contributed by atoms with van der Waals surface area (Å²) in [5.74, 6) is 0.631. The van der Waals surface area contributed by atoms with Crippen molar-refractivity contribution in [2.75, 3.05) is 18.9 Å². The third-order valence-corrected chi connectivity index (χ3v) is 3.78. The Morgan fingerprint density at radius 3 is 2.39 bits per heavy atom. The van der Waals surface area contributed by atoms with Crippen LogP contribution < -0.4 is 11.5 Å². The fourth-order valence-corrected chi connectivity index (χ4v) is 2.32. The lowest BCUT2D eigenvalue weighted by Crippen LogP contribution is -2.21. The highest BCUT2D eigenvalue weighted by atomic mass is 16.5. The molecule has 0 radical (unpaired) electrons. The number of benzene rings is 1. The number of nitrogen functional groups attached to an aromatic ring is 1. The monoisotopic (exact) mass is 312 g/mol. The van der Waals surface area contributed by atoms with Crippen LogP contribution in [-0.2, 0) is 4.74 Å². The predicted octanol–water partition coefficient (Wildman–Crippen LogP) is 3.20. The van der Waals surface area contributed by atoms with Gasteiger partial charge in [0.15, 0.2) is 0 Å². The summed E-state index contributed by atoms with van der Waals surface area (Å²) in [6.45, 7) is 9.13. The number of nitrogens with two attached hydrogens (primary N) is 2. The fourth-order valence-electron chi connectivity index (χ4n) is 2.32. The minimum absolute atomic E-state index is 0.550. The molecule has 4 N–H and O–H groups in total. The summed E-state index contributed by atoms with van der Waals surface area (Å²) < 4.78 is 5.57. The molecule has 0 unspecified atom stereocenters. The maximum absolute atomic E-state index is 6.03. The summed E-state index contributed by atoms with van der Waals surface area (Å²) in [6.07, 6.45) is 3.66. The van der Waals surface area contributed by atoms with Crippen molar-refractivity contribution in [2.45, 2.75) is 27.7 Å². The number of nitrogens with zero attached hydrogens (tertiary/aromatic N) is 2. The van der Waals surface area contributed by atoms with Gasteiger partial charge < -0.3 is 16.2 Å². The standard InChI is InChI=1S/C18H24N4O/c1-5-21-16-9-14(20)18(23-6-2)10-17(16)22-15-8-7-13(19)11(3)12(15)4/h7-10H,5-6,19-20H2,1-4H3. The van der Waals surface area contributed by atoms with Crippen LogP contribution in [0.25, 0.3) is 0 Å². The van der Waals surface area contributed by atoms with Crippen LogP contribution in [0.15, 0.2) is 45.7 Å². The molecule has 0 amide bonds. The normalized spacial score (nSPS) is 18.1. The van der Waals surface area contributed by atoms with Crippen LogP contribution >= 0.6 is 0 Å². The van der Waals surface area contributed by atoms with E-state index in [4.69, 9.17) is 21.2 Å². The fraction of sp³-hybridized carbons (Fsp3) is 0.333. The van der Waals surface area contributed by atoms with Gasteiger partial charge >= 0.3 is 0 Å². The van der Waals surface area contributed by atoms with E-state index >= 15 is 0 Å². The number of rotatable bonds is 4. The lowest BCUT2D eigenvalue weighted by atomic mass is 10.0. The first-order valence-electron chi connectivity index (χ1n) is 7.79. The van der Waals surface area contributed by atoms with Gasteiger partial charge in [-0.25, -0.2) is 4.99 Å². The maximum Gasteiger partial charge on any atom is 0.144 e. The predicted molar refractivity (Wildman–Crippen MR) is 97.4 cm³/mol. The van der Waals surface area contributed by atoms with Crippen LogP contribution in [0, 0.1) is 13.8 Å². The first kappa shape index (κ1) is 16.8. The lowest BCUT2D eigenvalue weighted by Gasteiger charge is -2.16. The van der Waals surface area contributed by atoms with Crippen molar-refractivity contribution in [2.24, 2.45) is 15.7 Å². The smallest absolute Gasteiger partial charge is 0.144 e. The summed E-state index contributed by atoms with van der Waals surface area (Å²) in [5.41, 5.74) is 17.8. The summed E-state index contributed by atoms with van der Waals surface area (Å²) in [7, 11) is 0. The second kappa shape index (κ2) is 7.13. The molecule has 23 heavy (non-hydrogen) atoms. The minimum Gasteiger partial charge on any atom is -0.492 e. The second-order valence-corrected chi connectivity index (χ2v) is 5.32. The van der Waals surface area contributed by atoms with E-state index < -0.39 is 0 Å². The van der Waals surface area contributed by atoms with Crippen LogP contribution in [0.3, 0.4) is 0 Å². The van der Waals surface area contributed by atoms with Crippen molar-refractivity contribution in [1.82, 2.24) is 0 Å². The quantitative estimate of drug-likeness (QED) is 0.661. The summed E-state index contributed by atoms with van der Waals surface area (Å²) in [5, 5.41) is 0. The molecule has 0 fully saturated rings. The summed E-state index contributed by atoms with van der Waals surface area (Å²) >= 11 is 0. The van der Waals surface area contributed by atoms with Gasteiger partial charge in [0.2, 0.25) is 0 Å². The maximum atomic E-state index is 6.03. The third kappa shape index (κ3) is 3.62. The number of hydrogen-bond donors (Lipinski definition) is 2. The van der Waals surface area contributed by atoms with E-state index in [1.165, 1.54) is 0 Å². The van der Waals surface area contributed by atoms with Gasteiger partial charge in [-0.3, -0.25) is 4.99 Å². The Morgan fingerprint density at radius 2 is 1.74 bits per heavy atom. The molecule has 0 aromatic heterocycles. The molecule has 0 atom stereocenters. The highest BCUT2D eigenvalue weighted by Crippen LogP contribution is 2.27. The zero-order valence-corrected chi connectivity index (χ0v) is 14.2. The van der Waals surface area contributed by atoms with Crippen LogP contribution in [0.5, 0.6) is 0 Å². The largest absolute Gasteiger partial charge is 0.492 e. The van der Waals surface area contributed by atoms with Crippen molar-refractivity contribution in [3.63, 3.8) is 0 Å². The van der Waals surface area contributed by atoms with Crippen molar-refractivity contribution in [1.29, 1.82) is 0 Å². The highest BCUT2D eigenvalue weighted by Gasteiger charge is 2.17. The Morgan fingerprint density at radius 1 is 1.00 bits per heavy atom. The van der Waals surface area contributed by atoms with Gasteiger partial charge in [-0.2, -0.15) is 0 Å². The molecule has 1 aliphatic carbocycles. The number of hydrogen-bond acceptors (Lipinski definition) is 5. The molecule has 1 aliphatic rings. The number of anilines is 1. The van der Waals surface area contributed by atoms with E-state index in [9.17, 15) is 0 Å². The zero-order valence-electron chi connectivity index (χ0n) is 14.2. The molecule has 122 valence electrons. The van der Waals surface area contributed by atoms with Crippen molar-refractivity contribution in [3.8, 4) is 0 Å². The Bertz CT molecular complexity index is 727. The van der Waals surface area contributed by atoms with Crippen LogP contribution in [0.1, 0.15) is 25.0 Å². The van der Waals surface area contributed by atoms with Gasteiger partial charge in [0, 0.05) is 18.3 Å². The average Bonchev–Trinajstić information content (AvgIpc) is 2.52. The van der Waals surface area contributed by atoms with Crippen LogP contribution in [0.2, 0.25) is 0 Å². The van der Waals surface area contributed by atoms with Crippen molar-refractivity contribution in [3.05, 3.63) is 46.9 Å². The number of ether oxygens (including phenoxy) is 1. The molecule has 2 rings (SSSR count). The Kier molecular flexibility index (Phi) is 5.21. The van der Waals surface area contributed by atoms with E-state index in [0.717, 1.165) is 33.9 Å². The molecule has 0 saturated carbocycles. The molecule has 1 aromatic carbocycles. The highest BCUT2D eigenvalue weighted by molar-refractivity contribution is 6.51. The molecule has 0 spiro atoms. The van der Waals surface area contributed by atoms with Crippen molar-refractivity contribution >= 4 is 22.8 Å². The average molecular weight is 312 g/mol. The first-order valence-corrected chi connectivity index (χ1v) is 7.79. The molecule has 5 nitrogen and oxygen atoms in total. The Balaban J connectivity index is 2.53. The molecule has 0 saturated heterocycles. The van der Waals surface area contributed by atoms with Gasteiger partial charge in [0.25, 0.3) is 0 Å². The topological polar surface area (TPSA) is 86.0 Å². The van der Waals surface area contributed by atoms with Gasteiger partial charge in [-0.05, 0) is 57.0 Å². The first-order chi connectivity index (χ1) is 11.0. The SMILES string of the molecule is CCN=C1C=C(N)C(OCC)=CC1=Nc1ccc(N)c(C)c1C. The molecular weight excluding hydrogens is 288 g/mol. The molecule has 5 heteroatoms. The van der Waals surface area contributed by atoms with Gasteiger partial charge in [0.1, 0.15) is 5.76 Å². The second-order valence-electron chi connectivity index (χ2n) is 5.32. The summed E-state index contributed by atoms with van der Waals surface area (Å²) in [4.78, 5) is 9.24. The van der Waals surface area contributed by atoms with E-state index in [2.05, 4.69) is 4.99 Å². The third-order valence-electron chi connectivity index (χ3n) is 3.78. The molecule has 0 heterocycles. The molecule has 0 aliphatic heterocycles. The van der Waals surface area contributed by atoms with Crippen LogP contribution in [0.4, 0.5) is 11.4 Å². The van der Waals surface area contributed by atoms with E-state index in [1.54, 1.807) is 0 Å². The van der Waals surface area contributed by atoms with E-state index in [0.29, 0.717) is 24.6 Å². The molecule has 0 bridgehead atoms. The summed E-state index contributed by atoms with van der Waals surface area (Å²) in [6, 6.07) is 3.79. The lowest BCUT2D eigenvalue weighted by molar-refractivity contribution is 0.237. The van der Waals surface area contributed by atoms with E-state index in [-0.39, 0.29) is 0 Å². The van der Waals surface area contributed by atoms with Gasteiger partial charge in [0.05, 0.1) is 29.4 Å².